The van der Waals surface area contributed by atoms with Gasteiger partial charge in [0.15, 0.2) is 0 Å². The summed E-state index contributed by atoms with van der Waals surface area (Å²) in [5.74, 6) is 0. The minimum atomic E-state index is -0.0930. The molecule has 0 saturated heterocycles. The van der Waals surface area contributed by atoms with Gasteiger partial charge in [-0.25, -0.2) is 0 Å². The van der Waals surface area contributed by atoms with Crippen molar-refractivity contribution in [2.45, 2.75) is 0 Å². The fraction of sp³-hybridized carbons (Fsp3) is 0. The molecule has 2 aromatic heterocycles. The van der Waals surface area contributed by atoms with E-state index in [1.807, 2.05) is 0 Å². The van der Waals surface area contributed by atoms with Crippen molar-refractivity contribution >= 4 is 153 Å². The Hall–Kier alpha value is -9.96. The molecule has 15 aromatic carbocycles. The summed E-state index contributed by atoms with van der Waals surface area (Å²) in [6, 6.07) is 94.9. The Balaban J connectivity index is 1.02. The molecule has 2 aliphatic heterocycles. The number of fused-ring (bicyclic) bond motifs is 25. The van der Waals surface area contributed by atoms with Crippen LogP contribution < -0.4 is 16.4 Å². The van der Waals surface area contributed by atoms with Gasteiger partial charge in [0, 0.05) is 38.4 Å². The Morgan fingerprint density at radius 3 is 1.31 bits per heavy atom. The van der Waals surface area contributed by atoms with Gasteiger partial charge in [0.2, 0.25) is 0 Å². The van der Waals surface area contributed by atoms with E-state index < -0.39 is 0 Å². The predicted octanol–water partition coefficient (Wildman–Crippen LogP) is 17.6. The average Bonchev–Trinajstić information content (AvgIpc) is 4.13. The van der Waals surface area contributed by atoms with Crippen LogP contribution >= 0.6 is 0 Å². The van der Waals surface area contributed by atoms with E-state index >= 15 is 0 Å². The van der Waals surface area contributed by atoms with Gasteiger partial charge in [-0.05, 0) is 185 Å². The number of hydrogen-bond donors (Lipinski definition) is 0. The smallest absolute Gasteiger partial charge is 0.253 e. The Morgan fingerprint density at radius 1 is 0.234 bits per heavy atom. The van der Waals surface area contributed by atoms with Gasteiger partial charge in [-0.1, -0.05) is 188 Å². The van der Waals surface area contributed by atoms with Crippen molar-refractivity contribution in [3.05, 3.63) is 249 Å². The first-order valence-corrected chi connectivity index (χ1v) is 27.0. The molecule has 19 rings (SSSR count). The van der Waals surface area contributed by atoms with Crippen molar-refractivity contribution in [2.24, 2.45) is 0 Å². The first-order chi connectivity index (χ1) is 38.2. The van der Waals surface area contributed by atoms with Gasteiger partial charge in [0.05, 0.1) is 16.6 Å². The molecule has 0 spiro atoms. The normalized spacial score (nSPS) is 12.9. The molecule has 0 amide bonds. The molecule has 0 bridgehead atoms. The molecule has 0 saturated carbocycles. The van der Waals surface area contributed by atoms with E-state index in [4.69, 9.17) is 0 Å². The van der Waals surface area contributed by atoms with Gasteiger partial charge in [-0.15, -0.1) is 0 Å². The standard InChI is InChI=1S/C74H41BN2/c1-3-16-44-34-46(30-28-42(44)14-1)48-32-33-66-60(36-48)63-37-49(47-31-29-43-15-2-4-17-45(43)35-47)38-65-73(63)76(66)67-26-13-27-68-71(67)75(65)72-70-57-25-12-11-21-53(57)52-20-7-10-24-56(52)62(70)40-64-61-39-58-54-22-8-5-18-50(54)51-19-6-9-23-55(51)59(58)41-69(61)77(68)74(64)72/h1-41H. The summed E-state index contributed by atoms with van der Waals surface area (Å²) in [6.45, 7) is -0.0930. The number of benzene rings is 15. The molecule has 0 aliphatic carbocycles. The van der Waals surface area contributed by atoms with Crippen molar-refractivity contribution in [3.8, 4) is 33.6 Å². The Kier molecular flexibility index (Phi) is 7.59. The van der Waals surface area contributed by atoms with Crippen LogP contribution in [0.1, 0.15) is 0 Å². The quantitative estimate of drug-likeness (QED) is 0.121. The SMILES string of the molecule is c1cc2c3c(c1)-n1c4cc5c6ccccc6c6ccccc6c5cc4c4cc5c6ccccc6c6ccccc6c5c(c41)B3c1cc(-c3ccc4ccccc4c3)cc3c4cc(-c5ccc6ccccc6c5)ccc4n-2c13. The number of hydrogen-bond acceptors (Lipinski definition) is 0. The van der Waals surface area contributed by atoms with E-state index in [9.17, 15) is 0 Å². The maximum atomic E-state index is 2.68. The number of aromatic nitrogens is 2. The average molecular weight is 969 g/mol. The third-order valence-corrected chi connectivity index (χ3v) is 18.1. The largest absolute Gasteiger partial charge is 0.310 e. The minimum Gasteiger partial charge on any atom is -0.310 e. The van der Waals surface area contributed by atoms with Crippen molar-refractivity contribution in [1.29, 1.82) is 0 Å². The van der Waals surface area contributed by atoms with Gasteiger partial charge in [0.1, 0.15) is 0 Å². The lowest BCUT2D eigenvalue weighted by Gasteiger charge is -2.35. The van der Waals surface area contributed by atoms with Gasteiger partial charge in [-0.3, -0.25) is 0 Å². The van der Waals surface area contributed by atoms with Crippen LogP contribution in [0.15, 0.2) is 249 Å². The van der Waals surface area contributed by atoms with Crippen LogP contribution in [0, 0.1) is 0 Å². The number of nitrogens with zero attached hydrogens (tertiary/aromatic N) is 2. The Labute approximate surface area is 441 Å². The molecule has 0 atom stereocenters. The maximum absolute atomic E-state index is 2.68. The summed E-state index contributed by atoms with van der Waals surface area (Å²) in [7, 11) is 0. The highest BCUT2D eigenvalue weighted by Gasteiger charge is 2.43. The van der Waals surface area contributed by atoms with Crippen LogP contribution in [-0.4, -0.2) is 15.8 Å². The van der Waals surface area contributed by atoms with Crippen molar-refractivity contribution in [1.82, 2.24) is 9.13 Å². The molecule has 0 fully saturated rings. The van der Waals surface area contributed by atoms with Gasteiger partial charge in [0.25, 0.3) is 6.71 Å². The van der Waals surface area contributed by atoms with E-state index in [1.54, 1.807) is 0 Å². The second-order valence-corrected chi connectivity index (χ2v) is 21.8. The summed E-state index contributed by atoms with van der Waals surface area (Å²) in [6.07, 6.45) is 0. The van der Waals surface area contributed by atoms with Crippen LogP contribution in [0.3, 0.4) is 0 Å². The third-order valence-electron chi connectivity index (χ3n) is 18.1. The van der Waals surface area contributed by atoms with Gasteiger partial charge >= 0.3 is 0 Å². The second kappa shape index (κ2) is 14.5. The first kappa shape index (κ1) is 40.4. The summed E-state index contributed by atoms with van der Waals surface area (Å²) in [5, 5.41) is 25.7. The van der Waals surface area contributed by atoms with Gasteiger partial charge < -0.3 is 9.13 Å². The zero-order valence-corrected chi connectivity index (χ0v) is 41.6. The van der Waals surface area contributed by atoms with Crippen molar-refractivity contribution in [2.75, 3.05) is 0 Å². The fourth-order valence-electron chi connectivity index (χ4n) is 14.9. The molecule has 0 unspecified atom stereocenters. The van der Waals surface area contributed by atoms with E-state index in [0.29, 0.717) is 0 Å². The maximum Gasteiger partial charge on any atom is 0.253 e. The Bertz CT molecular complexity index is 5600. The molecule has 3 heteroatoms. The van der Waals surface area contributed by atoms with Gasteiger partial charge in [-0.2, -0.15) is 0 Å². The fourth-order valence-corrected chi connectivity index (χ4v) is 14.9. The zero-order chi connectivity index (χ0) is 49.8. The monoisotopic (exact) mass is 968 g/mol. The summed E-state index contributed by atoms with van der Waals surface area (Å²) < 4.78 is 5.31. The summed E-state index contributed by atoms with van der Waals surface area (Å²) >= 11 is 0. The number of rotatable bonds is 2. The van der Waals surface area contributed by atoms with Crippen LogP contribution in [0.2, 0.25) is 0 Å². The minimum absolute atomic E-state index is 0.0930. The van der Waals surface area contributed by atoms with E-state index in [2.05, 4.69) is 258 Å². The molecule has 4 heterocycles. The molecule has 350 valence electrons. The third kappa shape index (κ3) is 5.16. The van der Waals surface area contributed by atoms with E-state index in [0.717, 1.165) is 0 Å². The molecule has 17 aromatic rings. The summed E-state index contributed by atoms with van der Waals surface area (Å²) in [4.78, 5) is 0. The topological polar surface area (TPSA) is 9.86 Å². The molecule has 2 nitrogen and oxygen atoms in total. The lowest BCUT2D eigenvalue weighted by atomic mass is 9.33. The molecular weight excluding hydrogens is 928 g/mol. The van der Waals surface area contributed by atoms with E-state index in [-0.39, 0.29) is 6.71 Å². The van der Waals surface area contributed by atoms with Crippen molar-refractivity contribution in [3.63, 3.8) is 0 Å². The van der Waals surface area contributed by atoms with Crippen LogP contribution in [-0.2, 0) is 0 Å². The molecule has 2 aliphatic rings. The lowest BCUT2D eigenvalue weighted by molar-refractivity contribution is 1.14. The highest BCUT2D eigenvalue weighted by Crippen LogP contribution is 2.47. The first-order valence-electron chi connectivity index (χ1n) is 27.0. The highest BCUT2D eigenvalue weighted by atomic mass is 15.0. The molecule has 0 N–H and O–H groups in total. The molecular formula is C74H41BN2. The van der Waals surface area contributed by atoms with E-state index in [1.165, 1.54) is 180 Å². The zero-order valence-electron chi connectivity index (χ0n) is 41.6. The summed E-state index contributed by atoms with van der Waals surface area (Å²) in [5.41, 5.74) is 16.5. The van der Waals surface area contributed by atoms with Crippen LogP contribution in [0.5, 0.6) is 0 Å². The Morgan fingerprint density at radius 2 is 0.675 bits per heavy atom. The van der Waals surface area contributed by atoms with Crippen LogP contribution in [0.4, 0.5) is 0 Å². The lowest BCUT2D eigenvalue weighted by Crippen LogP contribution is -2.59. The second-order valence-electron chi connectivity index (χ2n) is 21.8. The van der Waals surface area contributed by atoms with Crippen LogP contribution in [0.25, 0.3) is 163 Å². The predicted molar refractivity (Wildman–Crippen MR) is 331 cm³/mol. The molecule has 0 radical (unpaired) electrons. The van der Waals surface area contributed by atoms with Crippen molar-refractivity contribution < 1.29 is 0 Å². The molecule has 77 heavy (non-hydrogen) atoms. The highest BCUT2D eigenvalue weighted by molar-refractivity contribution is 7.02.